The molecule has 4 nitrogen and oxygen atoms in total. The van der Waals surface area contributed by atoms with Crippen molar-refractivity contribution >= 4 is 15.9 Å². The molecule has 0 saturated carbocycles. The molecule has 0 aliphatic rings. The van der Waals surface area contributed by atoms with Crippen LogP contribution in [0.2, 0.25) is 0 Å². The summed E-state index contributed by atoms with van der Waals surface area (Å²) in [5, 5.41) is 3.79. The molecule has 0 unspecified atom stereocenters. The predicted molar refractivity (Wildman–Crippen MR) is 51.6 cm³/mol. The van der Waals surface area contributed by atoms with Gasteiger partial charge in [0.25, 0.3) is 0 Å². The van der Waals surface area contributed by atoms with E-state index < -0.39 is 24.9 Å². The van der Waals surface area contributed by atoms with Crippen LogP contribution in [-0.4, -0.2) is 19.7 Å². The van der Waals surface area contributed by atoms with Crippen molar-refractivity contribution in [2.75, 3.05) is 0 Å². The molecule has 2 aromatic rings. The van der Waals surface area contributed by atoms with E-state index in [0.29, 0.717) is 0 Å². The van der Waals surface area contributed by atoms with Crippen LogP contribution in [0, 0.1) is 6.85 Å². The molecule has 2 aromatic heterocycles. The summed E-state index contributed by atoms with van der Waals surface area (Å²) in [6.07, 6.45) is -0.973. The van der Waals surface area contributed by atoms with Crippen LogP contribution in [-0.2, 0) is 0 Å². The lowest BCUT2D eigenvalue weighted by molar-refractivity contribution is 0.827. The number of hydrogen-bond donors (Lipinski definition) is 0. The van der Waals surface area contributed by atoms with Crippen molar-refractivity contribution in [3.05, 3.63) is 34.9 Å². The quantitative estimate of drug-likeness (QED) is 0.769. The first-order valence-electron chi connectivity index (χ1n) is 6.70. The first kappa shape index (κ1) is 3.49. The minimum Gasteiger partial charge on any atom is -0.242 e. The second-order valence-electron chi connectivity index (χ2n) is 2.06. The summed E-state index contributed by atoms with van der Waals surface area (Å²) >= 11 is 2.96. The molecule has 0 N–H and O–H groups in total. The van der Waals surface area contributed by atoms with Gasteiger partial charge in [0.2, 0.25) is 0 Å². The third-order valence-corrected chi connectivity index (χ3v) is 1.56. The van der Waals surface area contributed by atoms with Gasteiger partial charge in [0, 0.05) is 22.0 Å². The van der Waals surface area contributed by atoms with Crippen LogP contribution in [0.25, 0.3) is 5.82 Å². The van der Waals surface area contributed by atoms with E-state index in [1.165, 1.54) is 0 Å². The van der Waals surface area contributed by atoms with Gasteiger partial charge in [0.1, 0.15) is 12.3 Å². The Bertz CT molecular complexity index is 680. The first-order valence-corrected chi connectivity index (χ1v) is 4.00. The Morgan fingerprint density at radius 2 is 2.54 bits per heavy atom. The van der Waals surface area contributed by atoms with E-state index in [1.807, 2.05) is 0 Å². The number of hydrogen-bond acceptors (Lipinski definition) is 3. The maximum absolute atomic E-state index is 7.82. The van der Waals surface area contributed by atoms with Gasteiger partial charge in [-0.15, -0.1) is 0 Å². The Labute approximate surface area is 93.6 Å². The SMILES string of the molecule is [2H]c1nc(-n2nc(Br)c([2H])c2[2H])c([2H])c(C([2H])([2H])[2H])n1. The zero-order valence-corrected chi connectivity index (χ0v) is 7.75. The zero-order chi connectivity index (χ0) is 15.2. The largest absolute Gasteiger partial charge is 0.242 e. The monoisotopic (exact) mass is 245 g/mol. The molecule has 0 radical (unpaired) electrons. The summed E-state index contributed by atoms with van der Waals surface area (Å²) in [4.78, 5) is 7.06. The highest BCUT2D eigenvalue weighted by molar-refractivity contribution is 9.10. The molecule has 2 heterocycles. The second kappa shape index (κ2) is 3.26. The summed E-state index contributed by atoms with van der Waals surface area (Å²) in [6, 6.07) is -0.783. The van der Waals surface area contributed by atoms with Crippen LogP contribution < -0.4 is 0 Å². The molecule has 0 spiro atoms. The van der Waals surface area contributed by atoms with Gasteiger partial charge in [-0.05, 0) is 28.8 Å². The highest BCUT2D eigenvalue weighted by Gasteiger charge is 1.99. The summed E-state index contributed by atoms with van der Waals surface area (Å²) in [6.45, 7) is -2.68. The van der Waals surface area contributed by atoms with Crippen LogP contribution in [0.3, 0.4) is 0 Å². The maximum Gasteiger partial charge on any atom is 0.156 e. The van der Waals surface area contributed by atoms with Crippen LogP contribution in [0.1, 0.15) is 15.3 Å². The van der Waals surface area contributed by atoms with Gasteiger partial charge in [0.05, 0.1) is 4.11 Å². The fourth-order valence-corrected chi connectivity index (χ4v) is 0.969. The molecule has 5 heteroatoms. The second-order valence-corrected chi connectivity index (χ2v) is 2.81. The van der Waals surface area contributed by atoms with Crippen molar-refractivity contribution in [3.63, 3.8) is 0 Å². The summed E-state index contributed by atoms with van der Waals surface area (Å²) in [5.41, 5.74) is -0.593. The lowest BCUT2D eigenvalue weighted by atomic mass is 10.4. The topological polar surface area (TPSA) is 43.6 Å². The van der Waals surface area contributed by atoms with Gasteiger partial charge >= 0.3 is 0 Å². The lowest BCUT2D eigenvalue weighted by Gasteiger charge is -1.99. The summed E-state index contributed by atoms with van der Waals surface area (Å²) in [7, 11) is 0. The smallest absolute Gasteiger partial charge is 0.156 e. The van der Waals surface area contributed by atoms with Crippen LogP contribution in [0.15, 0.2) is 29.2 Å². The molecule has 66 valence electrons. The van der Waals surface area contributed by atoms with Gasteiger partial charge in [-0.3, -0.25) is 0 Å². The third-order valence-electron chi connectivity index (χ3n) is 1.20. The standard InChI is InChI=1S/C8H7BrN4/c1-6-4-8(11-5-10-6)13-3-2-7(9)12-13/h2-5H,1H3/i1D3,2D,3D,4D,5D. The van der Waals surface area contributed by atoms with E-state index in [4.69, 9.17) is 9.60 Å². The average Bonchev–Trinajstić information content (AvgIpc) is 2.58. The molecular weight excluding hydrogens is 232 g/mol. The minimum absolute atomic E-state index is 0.0578. The van der Waals surface area contributed by atoms with E-state index in [0.717, 1.165) is 4.68 Å². The van der Waals surface area contributed by atoms with Crippen molar-refractivity contribution in [1.82, 2.24) is 19.7 Å². The molecule has 0 aliphatic carbocycles. The van der Waals surface area contributed by atoms with Gasteiger partial charge in [0.15, 0.2) is 5.82 Å². The molecule has 0 aliphatic heterocycles. The van der Waals surface area contributed by atoms with Crippen LogP contribution in [0.4, 0.5) is 0 Å². The maximum atomic E-state index is 7.82. The van der Waals surface area contributed by atoms with E-state index in [1.54, 1.807) is 0 Å². The highest BCUT2D eigenvalue weighted by Crippen LogP contribution is 2.08. The van der Waals surface area contributed by atoms with Crippen molar-refractivity contribution in [2.45, 2.75) is 6.85 Å². The Morgan fingerprint density at radius 3 is 3.23 bits per heavy atom. The van der Waals surface area contributed by atoms with Crippen molar-refractivity contribution < 1.29 is 9.60 Å². The minimum atomic E-state index is -2.68. The fraction of sp³-hybridized carbons (Fsp3) is 0.125. The van der Waals surface area contributed by atoms with E-state index in [-0.39, 0.29) is 22.6 Å². The molecule has 0 bridgehead atoms. The number of aromatic nitrogens is 4. The molecule has 13 heavy (non-hydrogen) atoms. The Morgan fingerprint density at radius 1 is 1.62 bits per heavy atom. The van der Waals surface area contributed by atoms with Crippen molar-refractivity contribution in [1.29, 1.82) is 0 Å². The van der Waals surface area contributed by atoms with E-state index in [2.05, 4.69) is 31.0 Å². The Kier molecular flexibility index (Phi) is 0.875. The predicted octanol–water partition coefficient (Wildman–Crippen LogP) is 1.73. The van der Waals surface area contributed by atoms with Gasteiger partial charge in [-0.1, -0.05) is 0 Å². The molecule has 2 rings (SSSR count). The molecule has 0 aromatic carbocycles. The normalized spacial score (nSPS) is 19.0. The molecule has 0 amide bonds. The van der Waals surface area contributed by atoms with Gasteiger partial charge < -0.3 is 0 Å². The lowest BCUT2D eigenvalue weighted by Crippen LogP contribution is -1.99. The molecular formula is C8H7BrN4. The van der Waals surface area contributed by atoms with Gasteiger partial charge in [-0.25, -0.2) is 14.6 Å². The number of nitrogens with zero attached hydrogens (tertiary/aromatic N) is 4. The fourth-order valence-electron chi connectivity index (χ4n) is 0.722. The van der Waals surface area contributed by atoms with E-state index in [9.17, 15) is 0 Å². The van der Waals surface area contributed by atoms with Crippen LogP contribution in [0.5, 0.6) is 0 Å². The Balaban J connectivity index is 2.75. The summed E-state index contributed by atoms with van der Waals surface area (Å²) < 4.78 is 53.2. The highest BCUT2D eigenvalue weighted by atomic mass is 79.9. The van der Waals surface area contributed by atoms with E-state index >= 15 is 0 Å². The van der Waals surface area contributed by atoms with Crippen LogP contribution >= 0.6 is 15.9 Å². The number of aryl methyl sites for hydroxylation is 1. The van der Waals surface area contributed by atoms with Crippen molar-refractivity contribution in [2.24, 2.45) is 0 Å². The summed E-state index contributed by atoms with van der Waals surface area (Å²) in [5.74, 6) is -0.319. The Hall–Kier alpha value is -1.23. The number of rotatable bonds is 1. The molecule has 0 saturated heterocycles. The first-order chi connectivity index (χ1) is 9.12. The molecule has 0 atom stereocenters. The molecule has 0 fully saturated rings. The van der Waals surface area contributed by atoms with Crippen molar-refractivity contribution in [3.8, 4) is 5.82 Å². The van der Waals surface area contributed by atoms with Gasteiger partial charge in [-0.2, -0.15) is 5.10 Å². The average molecular weight is 246 g/mol. The third kappa shape index (κ3) is 1.75. The zero-order valence-electron chi connectivity index (χ0n) is 13.2. The number of halogens is 1.